The molecule has 6 aromatic carbocycles. The Kier molecular flexibility index (Phi) is 20.5. The first-order valence-electron chi connectivity index (χ1n) is 21.8. The Labute approximate surface area is 376 Å². The first-order chi connectivity index (χ1) is 27.5. The van der Waals surface area contributed by atoms with Crippen molar-refractivity contribution in [3.05, 3.63) is 129 Å². The van der Waals surface area contributed by atoms with E-state index in [1.165, 1.54) is 88.3 Å². The molecule has 4 heteroatoms. The Balaban J connectivity index is 0.000000273. The fourth-order valence-corrected chi connectivity index (χ4v) is 7.61. The molecule has 0 aliphatic heterocycles. The van der Waals surface area contributed by atoms with Crippen molar-refractivity contribution in [2.45, 2.75) is 158 Å². The number of hydrogen-bond acceptors (Lipinski definition) is 0. The second-order valence-electron chi connectivity index (χ2n) is 17.8. The summed E-state index contributed by atoms with van der Waals surface area (Å²) in [5, 5.41) is 5.59. The van der Waals surface area contributed by atoms with Crippen LogP contribution in [0.15, 0.2) is 84.9 Å². The van der Waals surface area contributed by atoms with E-state index in [0.29, 0.717) is 35.5 Å². The number of halogens is 2. The summed E-state index contributed by atoms with van der Waals surface area (Å²) in [6.07, 6.45) is 2.13. The van der Waals surface area contributed by atoms with Gasteiger partial charge in [-0.2, -0.15) is 12.1 Å². The van der Waals surface area contributed by atoms with Crippen molar-refractivity contribution in [2.75, 3.05) is 0 Å². The maximum atomic E-state index is 4.93. The van der Waals surface area contributed by atoms with Crippen LogP contribution in [0.2, 0.25) is 13.1 Å². The number of rotatable bonds is 10. The Hall–Kier alpha value is -2.22. The normalized spacial score (nSPS) is 11.3. The van der Waals surface area contributed by atoms with Gasteiger partial charge in [0.05, 0.1) is 0 Å². The van der Waals surface area contributed by atoms with Crippen molar-refractivity contribution in [2.24, 2.45) is 0 Å². The molecule has 0 aliphatic rings. The Morgan fingerprint density at radius 2 is 0.741 bits per heavy atom. The van der Waals surface area contributed by atoms with Gasteiger partial charge in [-0.15, -0.1) is 69.1 Å². The van der Waals surface area contributed by atoms with Gasteiger partial charge in [0.1, 0.15) is 0 Å². The van der Waals surface area contributed by atoms with Crippen LogP contribution in [0.1, 0.15) is 177 Å². The van der Waals surface area contributed by atoms with Crippen LogP contribution in [0.3, 0.4) is 0 Å². The van der Waals surface area contributed by atoms with Crippen molar-refractivity contribution >= 4 is 48.1 Å². The van der Waals surface area contributed by atoms with Gasteiger partial charge in [-0.25, -0.2) is 0 Å². The summed E-state index contributed by atoms with van der Waals surface area (Å²) >= 11 is -0.826. The van der Waals surface area contributed by atoms with Crippen LogP contribution >= 0.6 is 17.0 Å². The van der Waals surface area contributed by atoms with Gasteiger partial charge >= 0.3 is 37.9 Å². The van der Waals surface area contributed by atoms with Gasteiger partial charge in [0.15, 0.2) is 0 Å². The first kappa shape index (κ1) is 50.1. The molecule has 0 aromatic heterocycles. The first-order valence-corrected chi connectivity index (χ1v) is 30.1. The maximum absolute atomic E-state index is 4.93. The van der Waals surface area contributed by atoms with Crippen molar-refractivity contribution in [3.63, 3.8) is 0 Å². The third kappa shape index (κ3) is 12.9. The fourth-order valence-electron chi connectivity index (χ4n) is 7.61. The van der Waals surface area contributed by atoms with Crippen LogP contribution in [0.25, 0.3) is 43.8 Å². The van der Waals surface area contributed by atoms with E-state index < -0.39 is 20.8 Å². The number of benzene rings is 4. The summed E-state index contributed by atoms with van der Waals surface area (Å²) in [6.45, 7) is 36.3. The van der Waals surface area contributed by atoms with E-state index in [2.05, 4.69) is 195 Å². The van der Waals surface area contributed by atoms with Gasteiger partial charge in [0.25, 0.3) is 0 Å². The molecule has 0 fully saturated rings. The topological polar surface area (TPSA) is 0 Å². The molecular formula is C54H72Cl2SiZr. The molecular weight excluding hydrogens is 839 g/mol. The number of fused-ring (bicyclic) bond motifs is 2. The van der Waals surface area contributed by atoms with E-state index in [0.717, 1.165) is 22.4 Å². The molecule has 0 heterocycles. The van der Waals surface area contributed by atoms with E-state index in [1.807, 2.05) is 0 Å². The van der Waals surface area contributed by atoms with Crippen LogP contribution in [-0.4, -0.2) is 9.52 Å². The molecule has 0 N–H and O–H groups in total. The molecule has 0 aliphatic carbocycles. The van der Waals surface area contributed by atoms with Crippen molar-refractivity contribution < 1.29 is 20.8 Å². The molecule has 0 amide bonds. The summed E-state index contributed by atoms with van der Waals surface area (Å²) in [7, 11) is 11.0. The zero-order chi connectivity index (χ0) is 43.4. The number of aryl methyl sites for hydroxylation is 2. The van der Waals surface area contributed by atoms with Crippen molar-refractivity contribution in [1.82, 2.24) is 0 Å². The molecule has 0 saturated heterocycles. The molecule has 0 nitrogen and oxygen atoms in total. The average molecular weight is 911 g/mol. The number of hydrogen-bond donors (Lipinski definition) is 0. The third-order valence-electron chi connectivity index (χ3n) is 11.3. The summed E-state index contributed by atoms with van der Waals surface area (Å²) in [5.74, 6) is 3.30. The van der Waals surface area contributed by atoms with E-state index in [1.54, 1.807) is 0 Å². The van der Waals surface area contributed by atoms with Crippen LogP contribution < -0.4 is 0 Å². The molecule has 58 heavy (non-hydrogen) atoms. The molecule has 6 aromatic rings. The predicted octanol–water partition coefficient (Wildman–Crippen LogP) is 18.5. The van der Waals surface area contributed by atoms with Gasteiger partial charge in [-0.05, 0) is 81.7 Å². The summed E-state index contributed by atoms with van der Waals surface area (Å²) in [6, 6.07) is 33.4. The monoisotopic (exact) mass is 908 g/mol. The van der Waals surface area contributed by atoms with E-state index >= 15 is 0 Å². The SMILES string of the molecule is CCc1ccc2[cH-]c(C(C)C)cc2c1-c1cc(C(C)C)cc(C(C)C)c1.CCc1ccc2[cH-]c(C(C)C)cc2c1-c1cc(C(C)C)cc(C(C)C)c1.C[Si]C.[Cl][Zr+2][Cl]. The minimum atomic E-state index is -0.826. The van der Waals surface area contributed by atoms with Gasteiger partial charge in [0, 0.05) is 9.52 Å². The summed E-state index contributed by atoms with van der Waals surface area (Å²) in [4.78, 5) is 0. The standard InChI is InChI=1S/2C26H33.C2H6Si.2ClH.Zr/c2*1-8-19-9-10-20-11-23(18(6)7)15-25(20)26(19)24-13-21(16(2)3)12-22(14-24)17(4)5;1-3-2;;;/h2*9-18H,8H2,1-7H3;1-2H3;2*1H;/q2*-1;;;;+4/p-2. The molecule has 0 bridgehead atoms. The minimum absolute atomic E-state index is 0.544. The molecule has 310 valence electrons. The second kappa shape index (κ2) is 23.7. The van der Waals surface area contributed by atoms with Crippen molar-refractivity contribution in [1.29, 1.82) is 0 Å². The van der Waals surface area contributed by atoms with Crippen LogP contribution in [-0.2, 0) is 33.7 Å². The summed E-state index contributed by atoms with van der Waals surface area (Å²) in [5.41, 5.74) is 17.2. The zero-order valence-corrected chi connectivity index (χ0v) is 43.7. The molecule has 6 rings (SSSR count). The quantitative estimate of drug-likeness (QED) is 0.0949. The van der Waals surface area contributed by atoms with Gasteiger partial charge < -0.3 is 0 Å². The molecule has 0 atom stereocenters. The summed E-state index contributed by atoms with van der Waals surface area (Å²) < 4.78 is 0. The fraction of sp³-hybridized carbons (Fsp3) is 0.444. The van der Waals surface area contributed by atoms with E-state index in [4.69, 9.17) is 17.0 Å². The predicted molar refractivity (Wildman–Crippen MR) is 262 cm³/mol. The van der Waals surface area contributed by atoms with Gasteiger partial charge in [-0.3, -0.25) is 0 Å². The Morgan fingerprint density at radius 3 is 0.966 bits per heavy atom. The molecule has 0 spiro atoms. The van der Waals surface area contributed by atoms with Gasteiger partial charge in [0.2, 0.25) is 0 Å². The van der Waals surface area contributed by atoms with Crippen LogP contribution in [0.4, 0.5) is 0 Å². The average Bonchev–Trinajstić information content (AvgIpc) is 3.83. The van der Waals surface area contributed by atoms with Crippen LogP contribution in [0, 0.1) is 0 Å². The van der Waals surface area contributed by atoms with Crippen LogP contribution in [0.5, 0.6) is 0 Å². The zero-order valence-electron chi connectivity index (χ0n) is 38.7. The Morgan fingerprint density at radius 1 is 0.466 bits per heavy atom. The van der Waals surface area contributed by atoms with E-state index in [9.17, 15) is 0 Å². The third-order valence-corrected chi connectivity index (χ3v) is 11.3. The molecule has 0 unspecified atom stereocenters. The van der Waals surface area contributed by atoms with E-state index in [-0.39, 0.29) is 0 Å². The van der Waals surface area contributed by atoms with Crippen molar-refractivity contribution in [3.8, 4) is 22.3 Å². The van der Waals surface area contributed by atoms with Gasteiger partial charge in [-0.1, -0.05) is 169 Å². The molecule has 2 radical (unpaired) electrons. The second-order valence-corrected chi connectivity index (χ2v) is 22.5. The molecule has 0 saturated carbocycles. The Bertz CT molecular complexity index is 1970.